The number of pyridine rings is 1. The fraction of sp³-hybridized carbons (Fsp3) is 0.0667. The molecule has 7 heteroatoms. The van der Waals surface area contributed by atoms with Gasteiger partial charge in [0.15, 0.2) is 5.17 Å². The zero-order valence-electron chi connectivity index (χ0n) is 11.8. The summed E-state index contributed by atoms with van der Waals surface area (Å²) in [5.74, 6) is -0.240. The largest absolute Gasteiger partial charge is 0.507 e. The van der Waals surface area contributed by atoms with Crippen LogP contribution in [0.25, 0.3) is 0 Å². The molecule has 1 amide bonds. The number of nitrogens with zero attached hydrogens (tertiary/aromatic N) is 3. The molecule has 0 aliphatic rings. The summed E-state index contributed by atoms with van der Waals surface area (Å²) >= 11 is 1.25. The van der Waals surface area contributed by atoms with Crippen molar-refractivity contribution in [3.05, 3.63) is 59.9 Å². The number of amidine groups is 1. The van der Waals surface area contributed by atoms with E-state index in [1.54, 1.807) is 54.9 Å². The minimum Gasteiger partial charge on any atom is -0.507 e. The van der Waals surface area contributed by atoms with E-state index in [4.69, 9.17) is 0 Å². The maximum atomic E-state index is 11.9. The SMILES string of the molecule is CS/C(=N\N=C\c1ccccc1O)NC(=O)c1ccccn1. The van der Waals surface area contributed by atoms with Crippen LogP contribution in [0.5, 0.6) is 5.75 Å². The maximum absolute atomic E-state index is 11.9. The Hall–Kier alpha value is -2.67. The van der Waals surface area contributed by atoms with E-state index in [0.717, 1.165) is 0 Å². The van der Waals surface area contributed by atoms with E-state index in [1.807, 2.05) is 0 Å². The van der Waals surface area contributed by atoms with Gasteiger partial charge in [0.1, 0.15) is 11.4 Å². The number of amides is 1. The van der Waals surface area contributed by atoms with Gasteiger partial charge in [-0.2, -0.15) is 5.10 Å². The number of aromatic hydroxyl groups is 1. The van der Waals surface area contributed by atoms with Crippen LogP contribution in [0.15, 0.2) is 58.9 Å². The van der Waals surface area contributed by atoms with Gasteiger partial charge in [0.2, 0.25) is 0 Å². The monoisotopic (exact) mass is 314 g/mol. The first-order chi connectivity index (χ1) is 10.7. The predicted molar refractivity (Wildman–Crippen MR) is 88.4 cm³/mol. The van der Waals surface area contributed by atoms with Crippen LogP contribution in [-0.2, 0) is 0 Å². The molecular weight excluding hydrogens is 300 g/mol. The molecule has 0 unspecified atom stereocenters. The number of hydrogen-bond donors (Lipinski definition) is 2. The number of carbonyl (C=O) groups is 1. The molecule has 1 aromatic carbocycles. The Labute approximate surface area is 132 Å². The molecule has 0 saturated carbocycles. The Bertz CT molecular complexity index is 702. The van der Waals surface area contributed by atoms with Gasteiger partial charge in [-0.1, -0.05) is 30.0 Å². The number of nitrogens with one attached hydrogen (secondary N) is 1. The molecule has 1 aromatic heterocycles. The molecule has 0 radical (unpaired) electrons. The lowest BCUT2D eigenvalue weighted by molar-refractivity contribution is 0.0973. The van der Waals surface area contributed by atoms with Crippen LogP contribution in [-0.4, -0.2) is 33.6 Å². The number of aromatic nitrogens is 1. The number of phenols is 1. The third-order valence-electron chi connectivity index (χ3n) is 2.59. The van der Waals surface area contributed by atoms with Crippen LogP contribution in [0.2, 0.25) is 0 Å². The molecule has 22 heavy (non-hydrogen) atoms. The Morgan fingerprint density at radius 2 is 2.05 bits per heavy atom. The summed E-state index contributed by atoms with van der Waals surface area (Å²) in [4.78, 5) is 15.9. The van der Waals surface area contributed by atoms with Crippen LogP contribution in [0.1, 0.15) is 16.1 Å². The quantitative estimate of drug-likeness (QED) is 0.517. The molecule has 2 aromatic rings. The highest BCUT2D eigenvalue weighted by Gasteiger charge is 2.08. The zero-order chi connectivity index (χ0) is 15.8. The van der Waals surface area contributed by atoms with E-state index >= 15 is 0 Å². The lowest BCUT2D eigenvalue weighted by Crippen LogP contribution is -2.28. The number of phenolic OH excluding ortho intramolecular Hbond substituents is 1. The maximum Gasteiger partial charge on any atom is 0.275 e. The number of rotatable bonds is 3. The van der Waals surface area contributed by atoms with Crippen molar-refractivity contribution in [3.8, 4) is 5.75 Å². The number of hydrogen-bond acceptors (Lipinski definition) is 6. The minimum absolute atomic E-state index is 0.115. The van der Waals surface area contributed by atoms with E-state index in [-0.39, 0.29) is 11.7 Å². The van der Waals surface area contributed by atoms with Gasteiger partial charge in [-0.15, -0.1) is 5.10 Å². The molecule has 0 bridgehead atoms. The third-order valence-corrected chi connectivity index (χ3v) is 3.16. The Kier molecular flexibility index (Phi) is 5.67. The molecule has 0 saturated heterocycles. The van der Waals surface area contributed by atoms with Gasteiger partial charge in [0.25, 0.3) is 5.91 Å². The Balaban J connectivity index is 2.05. The molecule has 6 nitrogen and oxygen atoms in total. The third kappa shape index (κ3) is 4.42. The Morgan fingerprint density at radius 1 is 1.27 bits per heavy atom. The smallest absolute Gasteiger partial charge is 0.275 e. The van der Waals surface area contributed by atoms with Gasteiger partial charge in [0.05, 0.1) is 6.21 Å². The van der Waals surface area contributed by atoms with Crippen molar-refractivity contribution < 1.29 is 9.90 Å². The average Bonchev–Trinajstić information content (AvgIpc) is 2.56. The summed E-state index contributed by atoms with van der Waals surface area (Å²) in [6, 6.07) is 11.8. The van der Waals surface area contributed by atoms with Crippen LogP contribution < -0.4 is 5.32 Å². The van der Waals surface area contributed by atoms with Gasteiger partial charge in [-0.3, -0.25) is 15.1 Å². The van der Waals surface area contributed by atoms with E-state index < -0.39 is 0 Å². The highest BCUT2D eigenvalue weighted by Crippen LogP contribution is 2.12. The van der Waals surface area contributed by atoms with Crippen molar-refractivity contribution in [1.82, 2.24) is 10.3 Å². The number of benzene rings is 1. The number of thioether (sulfide) groups is 1. The van der Waals surface area contributed by atoms with Crippen molar-refractivity contribution in [2.75, 3.05) is 6.26 Å². The topological polar surface area (TPSA) is 86.9 Å². The van der Waals surface area contributed by atoms with Crippen molar-refractivity contribution in [2.45, 2.75) is 0 Å². The molecule has 2 N–H and O–H groups in total. The van der Waals surface area contributed by atoms with Gasteiger partial charge in [0, 0.05) is 11.8 Å². The van der Waals surface area contributed by atoms with Crippen molar-refractivity contribution in [1.29, 1.82) is 0 Å². The first kappa shape index (κ1) is 15.7. The molecule has 0 fully saturated rings. The molecule has 0 aliphatic carbocycles. The molecule has 112 valence electrons. The van der Waals surface area contributed by atoms with Crippen molar-refractivity contribution in [2.24, 2.45) is 10.2 Å². The average molecular weight is 314 g/mol. The van der Waals surface area contributed by atoms with Crippen LogP contribution in [0.4, 0.5) is 0 Å². The van der Waals surface area contributed by atoms with E-state index in [2.05, 4.69) is 20.5 Å². The standard InChI is InChI=1S/C15H14N4O2S/c1-22-15(18-14(21)12-7-4-5-9-16-12)19-17-10-11-6-2-3-8-13(11)20/h2-10,20H,1H3,(H,18,19,21)/b17-10+. The van der Waals surface area contributed by atoms with Crippen molar-refractivity contribution >= 4 is 29.1 Å². The summed E-state index contributed by atoms with van der Waals surface area (Å²) in [6.45, 7) is 0. The van der Waals surface area contributed by atoms with E-state index in [0.29, 0.717) is 16.4 Å². The minimum atomic E-state index is -0.355. The molecule has 0 spiro atoms. The highest BCUT2D eigenvalue weighted by molar-refractivity contribution is 8.13. The second-order valence-electron chi connectivity index (χ2n) is 4.08. The van der Waals surface area contributed by atoms with Gasteiger partial charge in [-0.25, -0.2) is 0 Å². The summed E-state index contributed by atoms with van der Waals surface area (Å²) in [6.07, 6.45) is 4.73. The lowest BCUT2D eigenvalue weighted by atomic mass is 10.2. The molecule has 2 rings (SSSR count). The molecule has 0 aliphatic heterocycles. The normalized spacial score (nSPS) is 11.6. The van der Waals surface area contributed by atoms with Crippen LogP contribution in [0, 0.1) is 0 Å². The first-order valence-electron chi connectivity index (χ1n) is 6.36. The lowest BCUT2D eigenvalue weighted by Gasteiger charge is -2.03. The second kappa shape index (κ2) is 7.94. The second-order valence-corrected chi connectivity index (χ2v) is 4.88. The number of carbonyl (C=O) groups excluding carboxylic acids is 1. The first-order valence-corrected chi connectivity index (χ1v) is 7.58. The van der Waals surface area contributed by atoms with Gasteiger partial charge < -0.3 is 5.11 Å². The van der Waals surface area contributed by atoms with Crippen LogP contribution in [0.3, 0.4) is 0 Å². The van der Waals surface area contributed by atoms with Gasteiger partial charge in [-0.05, 0) is 30.5 Å². The van der Waals surface area contributed by atoms with Gasteiger partial charge >= 0.3 is 0 Å². The predicted octanol–water partition coefficient (Wildman–Crippen LogP) is 2.27. The van der Waals surface area contributed by atoms with Crippen molar-refractivity contribution in [3.63, 3.8) is 0 Å². The zero-order valence-corrected chi connectivity index (χ0v) is 12.6. The highest BCUT2D eigenvalue weighted by atomic mass is 32.2. The fourth-order valence-electron chi connectivity index (χ4n) is 1.52. The van der Waals surface area contributed by atoms with E-state index in [1.165, 1.54) is 18.0 Å². The van der Waals surface area contributed by atoms with E-state index in [9.17, 15) is 9.90 Å². The fourth-order valence-corrected chi connectivity index (χ4v) is 1.84. The Morgan fingerprint density at radius 3 is 2.73 bits per heavy atom. The summed E-state index contributed by atoms with van der Waals surface area (Å²) in [5.41, 5.74) is 0.844. The number of para-hydroxylation sites is 1. The summed E-state index contributed by atoms with van der Waals surface area (Å²) < 4.78 is 0. The van der Waals surface area contributed by atoms with Crippen LogP contribution >= 0.6 is 11.8 Å². The molecule has 0 atom stereocenters. The summed E-state index contributed by atoms with van der Waals surface area (Å²) in [7, 11) is 0. The molecule has 1 heterocycles. The summed E-state index contributed by atoms with van der Waals surface area (Å²) in [5, 5.41) is 20.3. The molecular formula is C15H14N4O2S.